The molecule has 1 saturated carbocycles. The highest BCUT2D eigenvalue weighted by Gasteiger charge is 2.23. The molecule has 4 heteroatoms. The normalized spacial score (nSPS) is 16.4. The van der Waals surface area contributed by atoms with Gasteiger partial charge in [0.1, 0.15) is 0 Å². The van der Waals surface area contributed by atoms with Gasteiger partial charge < -0.3 is 0 Å². The summed E-state index contributed by atoms with van der Waals surface area (Å²) in [6, 6.07) is 4.23. The van der Waals surface area contributed by atoms with Gasteiger partial charge in [0.2, 0.25) is 0 Å². The Morgan fingerprint density at radius 3 is 3.07 bits per heavy atom. The van der Waals surface area contributed by atoms with Crippen LogP contribution in [0.1, 0.15) is 30.1 Å². The maximum atomic E-state index is 5.67. The molecule has 1 aliphatic rings. The highest BCUT2D eigenvalue weighted by molar-refractivity contribution is 6.16. The SMILES string of the molecule is ClCc1nc2cc(C3CC3)ccn2n1. The summed E-state index contributed by atoms with van der Waals surface area (Å²) in [6.07, 6.45) is 4.59. The van der Waals surface area contributed by atoms with Gasteiger partial charge in [0.15, 0.2) is 11.5 Å². The molecule has 0 radical (unpaired) electrons. The van der Waals surface area contributed by atoms with Crippen LogP contribution in [0.15, 0.2) is 18.3 Å². The van der Waals surface area contributed by atoms with Gasteiger partial charge in [0.25, 0.3) is 0 Å². The predicted molar refractivity (Wildman–Crippen MR) is 54.5 cm³/mol. The minimum absolute atomic E-state index is 0.375. The molecule has 0 amide bonds. The van der Waals surface area contributed by atoms with Crippen molar-refractivity contribution in [1.29, 1.82) is 0 Å². The lowest BCUT2D eigenvalue weighted by molar-refractivity contribution is 0.916. The third-order valence-corrected chi connectivity index (χ3v) is 2.81. The molecule has 0 aromatic carbocycles. The molecular weight excluding hydrogens is 198 g/mol. The van der Waals surface area contributed by atoms with Gasteiger partial charge in [-0.15, -0.1) is 11.6 Å². The lowest BCUT2D eigenvalue weighted by Crippen LogP contribution is -1.88. The first-order chi connectivity index (χ1) is 6.86. The minimum atomic E-state index is 0.375. The van der Waals surface area contributed by atoms with Crippen LogP contribution >= 0.6 is 11.6 Å². The monoisotopic (exact) mass is 207 g/mol. The van der Waals surface area contributed by atoms with Crippen LogP contribution in [0.4, 0.5) is 0 Å². The summed E-state index contributed by atoms with van der Waals surface area (Å²) >= 11 is 5.67. The maximum Gasteiger partial charge on any atom is 0.166 e. The van der Waals surface area contributed by atoms with Crippen LogP contribution < -0.4 is 0 Å². The largest absolute Gasteiger partial charge is 0.221 e. The molecule has 3 nitrogen and oxygen atoms in total. The zero-order chi connectivity index (χ0) is 9.54. The van der Waals surface area contributed by atoms with E-state index < -0.39 is 0 Å². The lowest BCUT2D eigenvalue weighted by Gasteiger charge is -1.96. The second kappa shape index (κ2) is 2.95. The second-order valence-corrected chi connectivity index (χ2v) is 3.97. The molecule has 2 aromatic rings. The van der Waals surface area contributed by atoms with Crippen LogP contribution in [0.3, 0.4) is 0 Å². The predicted octanol–water partition coefficient (Wildman–Crippen LogP) is 2.35. The topological polar surface area (TPSA) is 30.2 Å². The quantitative estimate of drug-likeness (QED) is 0.708. The Labute approximate surface area is 86.7 Å². The first kappa shape index (κ1) is 8.24. The highest BCUT2D eigenvalue weighted by Crippen LogP contribution is 2.40. The van der Waals surface area contributed by atoms with Gasteiger partial charge in [0.05, 0.1) is 5.88 Å². The smallest absolute Gasteiger partial charge is 0.166 e. The third-order valence-electron chi connectivity index (χ3n) is 2.57. The summed E-state index contributed by atoms with van der Waals surface area (Å²) in [5.41, 5.74) is 2.29. The fourth-order valence-corrected chi connectivity index (χ4v) is 1.78. The first-order valence-corrected chi connectivity index (χ1v) is 5.31. The summed E-state index contributed by atoms with van der Waals surface area (Å²) in [6.45, 7) is 0. The summed E-state index contributed by atoms with van der Waals surface area (Å²) in [5, 5.41) is 4.23. The van der Waals surface area contributed by atoms with E-state index in [0.717, 1.165) is 11.6 Å². The Balaban J connectivity index is 2.12. The molecule has 0 saturated heterocycles. The standard InChI is InChI=1S/C10H10ClN3/c11-6-9-12-10-5-8(7-1-2-7)3-4-14(10)13-9/h3-5,7H,1-2,6H2. The first-order valence-electron chi connectivity index (χ1n) is 4.78. The van der Waals surface area contributed by atoms with Gasteiger partial charge in [-0.3, -0.25) is 0 Å². The van der Waals surface area contributed by atoms with Gasteiger partial charge in [-0.05, 0) is 36.5 Å². The van der Waals surface area contributed by atoms with Crippen LogP contribution in [0.2, 0.25) is 0 Å². The Morgan fingerprint density at radius 2 is 2.36 bits per heavy atom. The van der Waals surface area contributed by atoms with E-state index in [4.69, 9.17) is 11.6 Å². The zero-order valence-corrected chi connectivity index (χ0v) is 8.41. The van der Waals surface area contributed by atoms with E-state index in [1.165, 1.54) is 18.4 Å². The van der Waals surface area contributed by atoms with E-state index in [9.17, 15) is 0 Å². The van der Waals surface area contributed by atoms with E-state index >= 15 is 0 Å². The van der Waals surface area contributed by atoms with E-state index in [1.54, 1.807) is 4.52 Å². The van der Waals surface area contributed by atoms with Crippen molar-refractivity contribution in [3.8, 4) is 0 Å². The fourth-order valence-electron chi connectivity index (χ4n) is 1.67. The molecule has 1 aliphatic carbocycles. The number of halogens is 1. The molecule has 2 heterocycles. The van der Waals surface area contributed by atoms with Gasteiger partial charge in [-0.2, -0.15) is 5.10 Å². The molecule has 0 N–H and O–H groups in total. The number of aromatic nitrogens is 3. The van der Waals surface area contributed by atoms with Crippen LogP contribution in [0.5, 0.6) is 0 Å². The molecule has 72 valence electrons. The summed E-state index contributed by atoms with van der Waals surface area (Å²) in [5.74, 6) is 1.83. The number of pyridine rings is 1. The number of hydrogen-bond donors (Lipinski definition) is 0. The summed E-state index contributed by atoms with van der Waals surface area (Å²) in [4.78, 5) is 4.32. The number of hydrogen-bond acceptors (Lipinski definition) is 2. The molecule has 0 atom stereocenters. The van der Waals surface area contributed by atoms with Crippen LogP contribution in [0, 0.1) is 0 Å². The van der Waals surface area contributed by atoms with E-state index in [-0.39, 0.29) is 0 Å². The van der Waals surface area contributed by atoms with Crippen molar-refractivity contribution in [2.75, 3.05) is 0 Å². The number of rotatable bonds is 2. The van der Waals surface area contributed by atoms with Crippen LogP contribution in [-0.2, 0) is 5.88 Å². The fraction of sp³-hybridized carbons (Fsp3) is 0.400. The molecule has 0 bridgehead atoms. The molecule has 0 aliphatic heterocycles. The van der Waals surface area contributed by atoms with Crippen molar-refractivity contribution in [2.45, 2.75) is 24.6 Å². The Hall–Kier alpha value is -1.09. The molecule has 1 fully saturated rings. The van der Waals surface area contributed by atoms with Crippen LogP contribution in [-0.4, -0.2) is 14.6 Å². The summed E-state index contributed by atoms with van der Waals surface area (Å²) < 4.78 is 1.78. The van der Waals surface area contributed by atoms with Crippen molar-refractivity contribution < 1.29 is 0 Å². The van der Waals surface area contributed by atoms with E-state index in [0.29, 0.717) is 11.7 Å². The van der Waals surface area contributed by atoms with E-state index in [2.05, 4.69) is 22.2 Å². The van der Waals surface area contributed by atoms with Gasteiger partial charge in [0, 0.05) is 6.20 Å². The molecule has 14 heavy (non-hydrogen) atoms. The minimum Gasteiger partial charge on any atom is -0.221 e. The molecule has 3 rings (SSSR count). The Kier molecular flexibility index (Phi) is 1.74. The second-order valence-electron chi connectivity index (χ2n) is 3.70. The van der Waals surface area contributed by atoms with Crippen molar-refractivity contribution in [3.63, 3.8) is 0 Å². The lowest BCUT2D eigenvalue weighted by atomic mass is 10.2. The molecule has 2 aromatic heterocycles. The van der Waals surface area contributed by atoms with E-state index in [1.807, 2.05) is 6.20 Å². The number of alkyl halides is 1. The van der Waals surface area contributed by atoms with Crippen LogP contribution in [0.25, 0.3) is 5.65 Å². The summed E-state index contributed by atoms with van der Waals surface area (Å²) in [7, 11) is 0. The molecule has 0 spiro atoms. The average Bonchev–Trinajstić information content (AvgIpc) is 2.97. The van der Waals surface area contributed by atoms with Crippen molar-refractivity contribution in [1.82, 2.24) is 14.6 Å². The third kappa shape index (κ3) is 1.28. The van der Waals surface area contributed by atoms with Gasteiger partial charge >= 0.3 is 0 Å². The van der Waals surface area contributed by atoms with Gasteiger partial charge in [-0.1, -0.05) is 0 Å². The average molecular weight is 208 g/mol. The number of fused-ring (bicyclic) bond motifs is 1. The maximum absolute atomic E-state index is 5.67. The molecular formula is C10H10ClN3. The Morgan fingerprint density at radius 1 is 1.50 bits per heavy atom. The Bertz CT molecular complexity index is 473. The zero-order valence-electron chi connectivity index (χ0n) is 7.65. The number of nitrogens with zero attached hydrogens (tertiary/aromatic N) is 3. The highest BCUT2D eigenvalue weighted by atomic mass is 35.5. The van der Waals surface area contributed by atoms with Crippen molar-refractivity contribution >= 4 is 17.2 Å². The van der Waals surface area contributed by atoms with Gasteiger partial charge in [-0.25, -0.2) is 9.50 Å². The molecule has 0 unspecified atom stereocenters. The van der Waals surface area contributed by atoms with Crippen molar-refractivity contribution in [2.24, 2.45) is 0 Å². The van der Waals surface area contributed by atoms with Crippen molar-refractivity contribution in [3.05, 3.63) is 29.7 Å².